The van der Waals surface area contributed by atoms with Gasteiger partial charge in [-0.2, -0.15) is 0 Å². The van der Waals surface area contributed by atoms with Crippen LogP contribution in [0.25, 0.3) is 0 Å². The van der Waals surface area contributed by atoms with E-state index in [4.69, 9.17) is 0 Å². The summed E-state index contributed by atoms with van der Waals surface area (Å²) in [6.45, 7) is 6.61. The van der Waals surface area contributed by atoms with Crippen LogP contribution in [0.1, 0.15) is 46.5 Å². The van der Waals surface area contributed by atoms with Gasteiger partial charge < -0.3 is 21.3 Å². The Morgan fingerprint density at radius 2 is 1.82 bits per heavy atom. The van der Waals surface area contributed by atoms with Crippen LogP contribution in [-0.2, 0) is 9.59 Å². The fraction of sp³-hybridized carbons (Fsp3) is 0.800. The maximum atomic E-state index is 11.7. The predicted octanol–water partition coefficient (Wildman–Crippen LogP) is 0.125. The van der Waals surface area contributed by atoms with Gasteiger partial charge in [-0.05, 0) is 40.0 Å². The van der Waals surface area contributed by atoms with Crippen LogP contribution < -0.4 is 21.3 Å². The maximum absolute atomic E-state index is 11.7. The van der Waals surface area contributed by atoms with Crippen LogP contribution in [0.4, 0.5) is 0 Å². The number of aliphatic imine (C=N–C) groups is 1. The Kier molecular flexibility index (Phi) is 7.14. The van der Waals surface area contributed by atoms with E-state index < -0.39 is 0 Å². The average molecular weight is 311 g/mol. The second-order valence-electron chi connectivity index (χ2n) is 6.60. The van der Waals surface area contributed by atoms with Crippen molar-refractivity contribution in [3.8, 4) is 0 Å². The van der Waals surface area contributed by atoms with E-state index in [1.54, 1.807) is 7.05 Å². The smallest absolute Gasteiger partial charge is 0.239 e. The third-order valence-corrected chi connectivity index (χ3v) is 2.97. The molecule has 0 atom stereocenters. The fourth-order valence-electron chi connectivity index (χ4n) is 1.83. The highest BCUT2D eigenvalue weighted by Crippen LogP contribution is 2.18. The standard InChI is InChI=1S/C15H29N5O2/c1-15(2,3)20-13(22)10-18-14(16-4)17-9-5-6-12(21)19-11-7-8-11/h11H,5-10H2,1-4H3,(H,19,21)(H,20,22)(H2,16,17,18). The van der Waals surface area contributed by atoms with Gasteiger partial charge >= 0.3 is 0 Å². The lowest BCUT2D eigenvalue weighted by Gasteiger charge is -2.21. The van der Waals surface area contributed by atoms with Gasteiger partial charge in [-0.25, -0.2) is 0 Å². The fourth-order valence-corrected chi connectivity index (χ4v) is 1.83. The molecule has 1 fully saturated rings. The molecule has 7 nitrogen and oxygen atoms in total. The Morgan fingerprint density at radius 3 is 2.36 bits per heavy atom. The number of amides is 2. The van der Waals surface area contributed by atoms with E-state index in [0.717, 1.165) is 19.3 Å². The highest BCUT2D eigenvalue weighted by molar-refractivity contribution is 5.86. The number of guanidine groups is 1. The topological polar surface area (TPSA) is 94.6 Å². The first-order valence-electron chi connectivity index (χ1n) is 7.85. The number of hydrogen-bond acceptors (Lipinski definition) is 3. The second kappa shape index (κ2) is 8.60. The van der Waals surface area contributed by atoms with Crippen molar-refractivity contribution in [2.24, 2.45) is 4.99 Å². The minimum atomic E-state index is -0.245. The van der Waals surface area contributed by atoms with Crippen molar-refractivity contribution in [1.29, 1.82) is 0 Å². The van der Waals surface area contributed by atoms with E-state index in [1.807, 2.05) is 20.8 Å². The zero-order valence-electron chi connectivity index (χ0n) is 14.1. The van der Waals surface area contributed by atoms with Crippen molar-refractivity contribution in [2.75, 3.05) is 20.1 Å². The molecule has 0 aliphatic heterocycles. The van der Waals surface area contributed by atoms with Crippen molar-refractivity contribution in [3.63, 3.8) is 0 Å². The summed E-state index contributed by atoms with van der Waals surface area (Å²) in [5.41, 5.74) is -0.245. The van der Waals surface area contributed by atoms with Gasteiger partial charge in [0.1, 0.15) is 0 Å². The Hall–Kier alpha value is -1.79. The number of rotatable bonds is 7. The molecule has 0 aromatic heterocycles. The van der Waals surface area contributed by atoms with Gasteiger partial charge in [0, 0.05) is 31.6 Å². The van der Waals surface area contributed by atoms with E-state index in [9.17, 15) is 9.59 Å². The highest BCUT2D eigenvalue weighted by Gasteiger charge is 2.22. The number of carbonyl (C=O) groups is 2. The monoisotopic (exact) mass is 311 g/mol. The van der Waals surface area contributed by atoms with Gasteiger partial charge in [0.2, 0.25) is 11.8 Å². The molecular formula is C15H29N5O2. The Labute approximate surface area is 132 Å². The maximum Gasteiger partial charge on any atom is 0.239 e. The first-order valence-corrected chi connectivity index (χ1v) is 7.85. The van der Waals surface area contributed by atoms with Gasteiger partial charge in [0.15, 0.2) is 5.96 Å². The zero-order valence-corrected chi connectivity index (χ0v) is 14.1. The quantitative estimate of drug-likeness (QED) is 0.305. The van der Waals surface area contributed by atoms with Crippen molar-refractivity contribution in [3.05, 3.63) is 0 Å². The molecule has 0 saturated heterocycles. The lowest BCUT2D eigenvalue weighted by molar-refractivity contribution is -0.122. The van der Waals surface area contributed by atoms with Gasteiger partial charge in [-0.1, -0.05) is 0 Å². The third kappa shape index (κ3) is 9.20. The van der Waals surface area contributed by atoms with Crippen LogP contribution in [0.15, 0.2) is 4.99 Å². The normalized spacial score (nSPS) is 15.2. The van der Waals surface area contributed by atoms with Gasteiger partial charge in [-0.3, -0.25) is 14.6 Å². The summed E-state index contributed by atoms with van der Waals surface area (Å²) < 4.78 is 0. The minimum Gasteiger partial charge on any atom is -0.356 e. The number of hydrogen-bond donors (Lipinski definition) is 4. The van der Waals surface area contributed by atoms with Crippen LogP contribution >= 0.6 is 0 Å². The van der Waals surface area contributed by atoms with E-state index in [-0.39, 0.29) is 23.9 Å². The molecule has 1 rings (SSSR count). The molecule has 0 radical (unpaired) electrons. The first kappa shape index (κ1) is 18.3. The highest BCUT2D eigenvalue weighted by atomic mass is 16.2. The van der Waals surface area contributed by atoms with E-state index in [0.29, 0.717) is 25.0 Å². The van der Waals surface area contributed by atoms with Crippen molar-refractivity contribution >= 4 is 17.8 Å². The lowest BCUT2D eigenvalue weighted by Crippen LogP contribution is -2.48. The van der Waals surface area contributed by atoms with E-state index >= 15 is 0 Å². The average Bonchev–Trinajstić information content (AvgIpc) is 3.19. The SMILES string of the molecule is CN=C(NCCCC(=O)NC1CC1)NCC(=O)NC(C)(C)C. The summed E-state index contributed by atoms with van der Waals surface area (Å²) in [7, 11) is 1.65. The zero-order chi connectivity index (χ0) is 16.6. The lowest BCUT2D eigenvalue weighted by atomic mass is 10.1. The molecule has 0 unspecified atom stereocenters. The molecule has 0 heterocycles. The second-order valence-corrected chi connectivity index (χ2v) is 6.60. The molecule has 0 aromatic rings. The van der Waals surface area contributed by atoms with Crippen LogP contribution in [0.3, 0.4) is 0 Å². The van der Waals surface area contributed by atoms with Crippen LogP contribution in [0, 0.1) is 0 Å². The molecule has 0 spiro atoms. The largest absolute Gasteiger partial charge is 0.356 e. The molecule has 1 aliphatic rings. The first-order chi connectivity index (χ1) is 10.3. The predicted molar refractivity (Wildman–Crippen MR) is 87.7 cm³/mol. The Morgan fingerprint density at radius 1 is 1.14 bits per heavy atom. The summed E-state index contributed by atoms with van der Waals surface area (Å²) in [6.07, 6.45) is 3.45. The third-order valence-electron chi connectivity index (χ3n) is 2.97. The van der Waals surface area contributed by atoms with Crippen LogP contribution in [0.5, 0.6) is 0 Å². The van der Waals surface area contributed by atoms with Crippen LogP contribution in [-0.4, -0.2) is 49.5 Å². The van der Waals surface area contributed by atoms with Crippen molar-refractivity contribution < 1.29 is 9.59 Å². The summed E-state index contributed by atoms with van der Waals surface area (Å²) in [4.78, 5) is 27.3. The number of carbonyl (C=O) groups excluding carboxylic acids is 2. The number of nitrogens with zero attached hydrogens (tertiary/aromatic N) is 1. The summed E-state index contributed by atoms with van der Waals surface area (Å²) in [5.74, 6) is 0.586. The van der Waals surface area contributed by atoms with E-state index in [1.165, 1.54) is 0 Å². The summed E-state index contributed by atoms with van der Waals surface area (Å²) in [5, 5.41) is 11.9. The van der Waals surface area contributed by atoms with Crippen molar-refractivity contribution in [1.82, 2.24) is 21.3 Å². The molecule has 0 bridgehead atoms. The molecule has 2 amide bonds. The molecule has 0 aromatic carbocycles. The molecule has 1 saturated carbocycles. The molecule has 1 aliphatic carbocycles. The molecule has 7 heteroatoms. The van der Waals surface area contributed by atoms with Gasteiger partial charge in [0.05, 0.1) is 6.54 Å². The minimum absolute atomic E-state index is 0.0840. The van der Waals surface area contributed by atoms with Crippen molar-refractivity contribution in [2.45, 2.75) is 58.0 Å². The molecule has 126 valence electrons. The summed E-state index contributed by atoms with van der Waals surface area (Å²) in [6, 6.07) is 0.413. The van der Waals surface area contributed by atoms with E-state index in [2.05, 4.69) is 26.3 Å². The van der Waals surface area contributed by atoms with Crippen LogP contribution in [0.2, 0.25) is 0 Å². The summed E-state index contributed by atoms with van der Waals surface area (Å²) >= 11 is 0. The van der Waals surface area contributed by atoms with Gasteiger partial charge in [-0.15, -0.1) is 0 Å². The molecular weight excluding hydrogens is 282 g/mol. The Bertz CT molecular complexity index is 411. The van der Waals surface area contributed by atoms with Gasteiger partial charge in [0.25, 0.3) is 0 Å². The molecule has 22 heavy (non-hydrogen) atoms. The Balaban J connectivity index is 2.11. The number of nitrogens with one attached hydrogen (secondary N) is 4. The molecule has 4 N–H and O–H groups in total.